The summed E-state index contributed by atoms with van der Waals surface area (Å²) in [5, 5.41) is 3.13. The summed E-state index contributed by atoms with van der Waals surface area (Å²) >= 11 is 0. The summed E-state index contributed by atoms with van der Waals surface area (Å²) in [6.45, 7) is 5.09. The van der Waals surface area contributed by atoms with Crippen molar-refractivity contribution >= 4 is 5.91 Å². The Balaban J connectivity index is 2.49. The van der Waals surface area contributed by atoms with Crippen molar-refractivity contribution in [3.05, 3.63) is 23.9 Å². The SMILES string of the molecule is CC(C)Oc1ncccc1CNCCC(N)=O. The minimum Gasteiger partial charge on any atom is -0.475 e. The van der Waals surface area contributed by atoms with Crippen molar-refractivity contribution in [2.45, 2.75) is 32.9 Å². The molecular formula is C12H19N3O2. The number of amides is 1. The molecule has 1 heterocycles. The number of nitrogens with two attached hydrogens (primary N) is 1. The van der Waals surface area contributed by atoms with Crippen LogP contribution in [0.2, 0.25) is 0 Å². The number of hydrogen-bond donors (Lipinski definition) is 2. The summed E-state index contributed by atoms with van der Waals surface area (Å²) in [4.78, 5) is 14.7. The lowest BCUT2D eigenvalue weighted by atomic mass is 10.2. The van der Waals surface area contributed by atoms with E-state index in [2.05, 4.69) is 10.3 Å². The molecule has 0 bridgehead atoms. The normalized spacial score (nSPS) is 10.5. The van der Waals surface area contributed by atoms with Gasteiger partial charge in [0.15, 0.2) is 0 Å². The molecule has 1 aromatic rings. The number of nitrogens with one attached hydrogen (secondary N) is 1. The molecule has 0 aliphatic heterocycles. The zero-order valence-corrected chi connectivity index (χ0v) is 10.3. The second-order valence-corrected chi connectivity index (χ2v) is 4.03. The van der Waals surface area contributed by atoms with E-state index in [1.807, 2.05) is 26.0 Å². The first-order chi connectivity index (χ1) is 8.09. The molecule has 0 unspecified atom stereocenters. The number of ether oxygens (including phenoxy) is 1. The number of carbonyl (C=O) groups excluding carboxylic acids is 1. The number of aromatic nitrogens is 1. The molecule has 0 saturated heterocycles. The van der Waals surface area contributed by atoms with Crippen molar-refractivity contribution in [1.29, 1.82) is 0 Å². The molecule has 5 heteroatoms. The molecule has 17 heavy (non-hydrogen) atoms. The minimum absolute atomic E-state index is 0.0919. The van der Waals surface area contributed by atoms with Crippen LogP contribution in [-0.2, 0) is 11.3 Å². The summed E-state index contributed by atoms with van der Waals surface area (Å²) in [5.41, 5.74) is 6.03. The van der Waals surface area contributed by atoms with Gasteiger partial charge in [-0.05, 0) is 19.9 Å². The minimum atomic E-state index is -0.303. The maximum Gasteiger partial charge on any atom is 0.218 e. The van der Waals surface area contributed by atoms with Gasteiger partial charge in [-0.3, -0.25) is 4.79 Å². The maximum absolute atomic E-state index is 10.6. The van der Waals surface area contributed by atoms with Crippen molar-refractivity contribution < 1.29 is 9.53 Å². The van der Waals surface area contributed by atoms with Crippen LogP contribution >= 0.6 is 0 Å². The standard InChI is InChI=1S/C12H19N3O2/c1-9(2)17-12-10(4-3-6-15-12)8-14-7-5-11(13)16/h3-4,6,9,14H,5,7-8H2,1-2H3,(H2,13,16). The van der Waals surface area contributed by atoms with Gasteiger partial charge in [0, 0.05) is 31.3 Å². The molecule has 0 saturated carbocycles. The topological polar surface area (TPSA) is 77.2 Å². The number of primary amides is 1. The molecule has 0 spiro atoms. The maximum atomic E-state index is 10.6. The molecule has 5 nitrogen and oxygen atoms in total. The fourth-order valence-electron chi connectivity index (χ4n) is 1.32. The predicted octanol–water partition coefficient (Wildman–Crippen LogP) is 0.834. The van der Waals surface area contributed by atoms with Crippen LogP contribution in [0.25, 0.3) is 0 Å². The van der Waals surface area contributed by atoms with Crippen LogP contribution in [0.5, 0.6) is 5.88 Å². The summed E-state index contributed by atoms with van der Waals surface area (Å²) < 4.78 is 5.58. The molecule has 0 radical (unpaired) electrons. The number of pyridine rings is 1. The predicted molar refractivity (Wildman–Crippen MR) is 65.5 cm³/mol. The van der Waals surface area contributed by atoms with Gasteiger partial charge in [0.1, 0.15) is 0 Å². The third-order valence-electron chi connectivity index (χ3n) is 2.06. The lowest BCUT2D eigenvalue weighted by Crippen LogP contribution is -2.22. The highest BCUT2D eigenvalue weighted by Crippen LogP contribution is 2.15. The Morgan fingerprint density at radius 1 is 1.59 bits per heavy atom. The van der Waals surface area contributed by atoms with Gasteiger partial charge in [-0.25, -0.2) is 4.98 Å². The Labute approximate surface area is 101 Å². The Kier molecular flexibility index (Phi) is 5.42. The van der Waals surface area contributed by atoms with Crippen molar-refractivity contribution in [2.24, 2.45) is 5.73 Å². The van der Waals surface area contributed by atoms with Gasteiger partial charge in [0.2, 0.25) is 11.8 Å². The summed E-state index contributed by atoms with van der Waals surface area (Å²) in [5.74, 6) is 0.330. The Morgan fingerprint density at radius 3 is 3.00 bits per heavy atom. The Morgan fingerprint density at radius 2 is 2.35 bits per heavy atom. The summed E-state index contributed by atoms with van der Waals surface area (Å²) in [7, 11) is 0. The van der Waals surface area contributed by atoms with Crippen molar-refractivity contribution in [3.63, 3.8) is 0 Å². The summed E-state index contributed by atoms with van der Waals surface area (Å²) in [6.07, 6.45) is 2.12. The first-order valence-corrected chi connectivity index (χ1v) is 5.69. The zero-order valence-electron chi connectivity index (χ0n) is 10.3. The van der Waals surface area contributed by atoms with E-state index < -0.39 is 0 Å². The van der Waals surface area contributed by atoms with Crippen molar-refractivity contribution in [2.75, 3.05) is 6.54 Å². The Hall–Kier alpha value is -1.62. The molecule has 0 fully saturated rings. The van der Waals surface area contributed by atoms with Crippen molar-refractivity contribution in [1.82, 2.24) is 10.3 Å². The van der Waals surface area contributed by atoms with Crippen LogP contribution in [0.4, 0.5) is 0 Å². The fraction of sp³-hybridized carbons (Fsp3) is 0.500. The average molecular weight is 237 g/mol. The quantitative estimate of drug-likeness (QED) is 0.689. The van der Waals surface area contributed by atoms with Crippen LogP contribution in [0.1, 0.15) is 25.8 Å². The molecule has 3 N–H and O–H groups in total. The van der Waals surface area contributed by atoms with E-state index in [9.17, 15) is 4.79 Å². The largest absolute Gasteiger partial charge is 0.475 e. The van der Waals surface area contributed by atoms with E-state index in [1.165, 1.54) is 0 Å². The van der Waals surface area contributed by atoms with Crippen LogP contribution in [-0.4, -0.2) is 23.5 Å². The average Bonchev–Trinajstić information content (AvgIpc) is 2.25. The highest BCUT2D eigenvalue weighted by Gasteiger charge is 2.06. The molecule has 1 amide bonds. The van der Waals surface area contributed by atoms with Crippen LogP contribution in [0, 0.1) is 0 Å². The van der Waals surface area contributed by atoms with Gasteiger partial charge in [-0.1, -0.05) is 6.07 Å². The number of nitrogens with zero attached hydrogens (tertiary/aromatic N) is 1. The first kappa shape index (κ1) is 13.4. The molecule has 1 aromatic heterocycles. The van der Waals surface area contributed by atoms with Crippen LogP contribution < -0.4 is 15.8 Å². The monoisotopic (exact) mass is 237 g/mol. The molecule has 94 valence electrons. The molecular weight excluding hydrogens is 218 g/mol. The van der Waals surface area contributed by atoms with E-state index in [0.29, 0.717) is 25.4 Å². The van der Waals surface area contributed by atoms with E-state index in [1.54, 1.807) is 6.20 Å². The van der Waals surface area contributed by atoms with Gasteiger partial charge >= 0.3 is 0 Å². The highest BCUT2D eigenvalue weighted by molar-refractivity contribution is 5.73. The molecule has 0 atom stereocenters. The lowest BCUT2D eigenvalue weighted by Gasteiger charge is -2.13. The van der Waals surface area contributed by atoms with Crippen LogP contribution in [0.3, 0.4) is 0 Å². The van der Waals surface area contributed by atoms with E-state index in [0.717, 1.165) is 5.56 Å². The van der Waals surface area contributed by atoms with Gasteiger partial charge < -0.3 is 15.8 Å². The zero-order chi connectivity index (χ0) is 12.7. The van der Waals surface area contributed by atoms with Gasteiger partial charge in [0.25, 0.3) is 0 Å². The molecule has 1 rings (SSSR count). The first-order valence-electron chi connectivity index (χ1n) is 5.69. The molecule has 0 aromatic carbocycles. The smallest absolute Gasteiger partial charge is 0.218 e. The van der Waals surface area contributed by atoms with Crippen LogP contribution in [0.15, 0.2) is 18.3 Å². The van der Waals surface area contributed by atoms with Gasteiger partial charge in [-0.2, -0.15) is 0 Å². The van der Waals surface area contributed by atoms with E-state index in [4.69, 9.17) is 10.5 Å². The second-order valence-electron chi connectivity index (χ2n) is 4.03. The Bertz CT molecular complexity index is 367. The van der Waals surface area contributed by atoms with Crippen molar-refractivity contribution in [3.8, 4) is 5.88 Å². The molecule has 0 aliphatic rings. The summed E-state index contributed by atoms with van der Waals surface area (Å²) in [6, 6.07) is 3.81. The second kappa shape index (κ2) is 6.85. The molecule has 0 aliphatic carbocycles. The number of rotatable bonds is 7. The van der Waals surface area contributed by atoms with E-state index in [-0.39, 0.29) is 12.0 Å². The van der Waals surface area contributed by atoms with Gasteiger partial charge in [-0.15, -0.1) is 0 Å². The van der Waals surface area contributed by atoms with E-state index >= 15 is 0 Å². The number of hydrogen-bond acceptors (Lipinski definition) is 4. The number of carbonyl (C=O) groups is 1. The lowest BCUT2D eigenvalue weighted by molar-refractivity contribution is -0.117. The van der Waals surface area contributed by atoms with Gasteiger partial charge in [0.05, 0.1) is 6.10 Å². The third kappa shape index (κ3) is 5.31. The third-order valence-corrected chi connectivity index (χ3v) is 2.06. The fourth-order valence-corrected chi connectivity index (χ4v) is 1.32. The highest BCUT2D eigenvalue weighted by atomic mass is 16.5.